The summed E-state index contributed by atoms with van der Waals surface area (Å²) < 4.78 is 10.0. The highest BCUT2D eigenvalue weighted by atomic mass is 16.5. The first-order chi connectivity index (χ1) is 9.74. The zero-order chi connectivity index (χ0) is 14.4. The first kappa shape index (κ1) is 13.9. The molecule has 0 saturated carbocycles. The van der Waals surface area contributed by atoms with Crippen LogP contribution in [0, 0.1) is 0 Å². The van der Waals surface area contributed by atoms with Crippen LogP contribution in [0.1, 0.15) is 11.1 Å². The molecule has 0 aromatic heterocycles. The van der Waals surface area contributed by atoms with Gasteiger partial charge in [0.2, 0.25) is 0 Å². The van der Waals surface area contributed by atoms with E-state index in [4.69, 9.17) is 9.47 Å². The summed E-state index contributed by atoms with van der Waals surface area (Å²) in [6, 6.07) is 17.0. The third-order valence-electron chi connectivity index (χ3n) is 2.89. The lowest BCUT2D eigenvalue weighted by Gasteiger charge is -2.07. The molecule has 0 N–H and O–H groups in total. The smallest absolute Gasteiger partial charge is 0.338 e. The number of carbonyl (C=O) groups is 1. The second-order valence-electron chi connectivity index (χ2n) is 4.19. The monoisotopic (exact) mass is 268 g/mol. The van der Waals surface area contributed by atoms with Gasteiger partial charge in [-0.05, 0) is 29.3 Å². The molecule has 0 aliphatic rings. The Bertz CT molecular complexity index is 615. The van der Waals surface area contributed by atoms with Crippen molar-refractivity contribution in [2.24, 2.45) is 0 Å². The molecule has 0 amide bonds. The van der Waals surface area contributed by atoms with Gasteiger partial charge in [0.1, 0.15) is 5.75 Å². The van der Waals surface area contributed by atoms with E-state index in [0.29, 0.717) is 5.57 Å². The number of carbonyl (C=O) groups excluding carboxylic acids is 1. The van der Waals surface area contributed by atoms with E-state index < -0.39 is 0 Å². The third kappa shape index (κ3) is 3.26. The number of ether oxygens (including phenoxy) is 2. The Morgan fingerprint density at radius 2 is 1.75 bits per heavy atom. The highest BCUT2D eigenvalue weighted by molar-refractivity contribution is 6.21. The van der Waals surface area contributed by atoms with Crippen LogP contribution in [-0.2, 0) is 9.53 Å². The Kier molecular flexibility index (Phi) is 4.56. The molecular formula is C17H16O3. The number of methoxy groups -OCH3 is 2. The SMILES string of the molecule is COC(=O)/C(=C/c1cccc(OC)c1)c1ccccc1. The molecule has 0 unspecified atom stereocenters. The van der Waals surface area contributed by atoms with Crippen molar-refractivity contribution in [3.63, 3.8) is 0 Å². The van der Waals surface area contributed by atoms with Gasteiger partial charge < -0.3 is 9.47 Å². The third-order valence-corrected chi connectivity index (χ3v) is 2.89. The van der Waals surface area contributed by atoms with E-state index in [1.807, 2.05) is 54.6 Å². The van der Waals surface area contributed by atoms with Crippen molar-refractivity contribution in [2.45, 2.75) is 0 Å². The first-order valence-electron chi connectivity index (χ1n) is 6.24. The standard InChI is InChI=1S/C17H16O3/c1-19-15-10-6-7-13(11-15)12-16(17(18)20-2)14-8-4-3-5-9-14/h3-12H,1-2H3/b16-12+. The van der Waals surface area contributed by atoms with Crippen molar-refractivity contribution in [3.8, 4) is 5.75 Å². The second kappa shape index (κ2) is 6.57. The molecule has 20 heavy (non-hydrogen) atoms. The van der Waals surface area contributed by atoms with Crippen molar-refractivity contribution < 1.29 is 14.3 Å². The van der Waals surface area contributed by atoms with Gasteiger partial charge in [0.25, 0.3) is 0 Å². The molecule has 0 bridgehead atoms. The molecule has 2 aromatic rings. The molecule has 0 aliphatic carbocycles. The van der Waals surface area contributed by atoms with Crippen molar-refractivity contribution >= 4 is 17.6 Å². The number of esters is 1. The average Bonchev–Trinajstić information content (AvgIpc) is 2.53. The molecule has 3 nitrogen and oxygen atoms in total. The van der Waals surface area contributed by atoms with Crippen LogP contribution in [0.2, 0.25) is 0 Å². The summed E-state index contributed by atoms with van der Waals surface area (Å²) >= 11 is 0. The minimum absolute atomic E-state index is 0.362. The van der Waals surface area contributed by atoms with Gasteiger partial charge in [0, 0.05) is 0 Å². The van der Waals surface area contributed by atoms with Crippen molar-refractivity contribution in [3.05, 3.63) is 65.7 Å². The maximum Gasteiger partial charge on any atom is 0.338 e. The molecule has 3 heteroatoms. The van der Waals surface area contributed by atoms with Crippen LogP contribution in [-0.4, -0.2) is 20.2 Å². The highest BCUT2D eigenvalue weighted by Gasteiger charge is 2.12. The summed E-state index contributed by atoms with van der Waals surface area (Å²) in [5, 5.41) is 0. The van der Waals surface area contributed by atoms with E-state index in [1.165, 1.54) is 7.11 Å². The molecule has 2 aromatic carbocycles. The average molecular weight is 268 g/mol. The normalized spacial score (nSPS) is 11.0. The number of hydrogen-bond acceptors (Lipinski definition) is 3. The lowest BCUT2D eigenvalue weighted by atomic mass is 10.0. The maximum absolute atomic E-state index is 11.9. The van der Waals surface area contributed by atoms with Crippen LogP contribution in [0.4, 0.5) is 0 Å². The van der Waals surface area contributed by atoms with Crippen molar-refractivity contribution in [2.75, 3.05) is 14.2 Å². The lowest BCUT2D eigenvalue weighted by Crippen LogP contribution is -2.03. The molecular weight excluding hydrogens is 252 g/mol. The summed E-state index contributed by atoms with van der Waals surface area (Å²) in [5.74, 6) is 0.384. The van der Waals surface area contributed by atoms with Gasteiger partial charge >= 0.3 is 5.97 Å². The second-order valence-corrected chi connectivity index (χ2v) is 4.19. The Labute approximate surface area is 118 Å². The van der Waals surface area contributed by atoms with Gasteiger partial charge in [0.05, 0.1) is 19.8 Å². The fraction of sp³-hybridized carbons (Fsp3) is 0.118. The van der Waals surface area contributed by atoms with Gasteiger partial charge in [-0.25, -0.2) is 4.79 Å². The summed E-state index contributed by atoms with van der Waals surface area (Å²) in [7, 11) is 2.99. The van der Waals surface area contributed by atoms with Gasteiger partial charge in [-0.15, -0.1) is 0 Å². The predicted molar refractivity (Wildman–Crippen MR) is 79.3 cm³/mol. The zero-order valence-electron chi connectivity index (χ0n) is 11.5. The van der Waals surface area contributed by atoms with E-state index in [2.05, 4.69) is 0 Å². The Hall–Kier alpha value is -2.55. The number of hydrogen-bond donors (Lipinski definition) is 0. The van der Waals surface area contributed by atoms with Crippen LogP contribution < -0.4 is 4.74 Å². The minimum Gasteiger partial charge on any atom is -0.497 e. The first-order valence-corrected chi connectivity index (χ1v) is 6.24. The molecule has 0 saturated heterocycles. The Balaban J connectivity index is 2.45. The predicted octanol–water partition coefficient (Wildman–Crippen LogP) is 3.41. The summed E-state index contributed by atoms with van der Waals surface area (Å²) in [6.45, 7) is 0. The molecule has 2 rings (SSSR count). The van der Waals surface area contributed by atoms with E-state index in [-0.39, 0.29) is 5.97 Å². The minimum atomic E-state index is -0.362. The quantitative estimate of drug-likeness (QED) is 0.484. The maximum atomic E-state index is 11.9. The fourth-order valence-electron chi connectivity index (χ4n) is 1.89. The molecule has 0 radical (unpaired) electrons. The molecule has 0 spiro atoms. The van der Waals surface area contributed by atoms with Gasteiger partial charge in [-0.3, -0.25) is 0 Å². The van der Waals surface area contributed by atoms with Crippen molar-refractivity contribution in [1.82, 2.24) is 0 Å². The highest BCUT2D eigenvalue weighted by Crippen LogP contribution is 2.21. The molecule has 0 atom stereocenters. The fourth-order valence-corrected chi connectivity index (χ4v) is 1.89. The number of benzene rings is 2. The zero-order valence-corrected chi connectivity index (χ0v) is 11.5. The molecule has 0 aliphatic heterocycles. The van der Waals surface area contributed by atoms with Crippen LogP contribution in [0.3, 0.4) is 0 Å². The van der Waals surface area contributed by atoms with Crippen LogP contribution in [0.5, 0.6) is 5.75 Å². The van der Waals surface area contributed by atoms with E-state index in [1.54, 1.807) is 13.2 Å². The topological polar surface area (TPSA) is 35.5 Å². The molecule has 102 valence electrons. The van der Waals surface area contributed by atoms with Crippen LogP contribution in [0.15, 0.2) is 54.6 Å². The van der Waals surface area contributed by atoms with Gasteiger partial charge in [-0.2, -0.15) is 0 Å². The van der Waals surface area contributed by atoms with E-state index in [0.717, 1.165) is 16.9 Å². The van der Waals surface area contributed by atoms with Crippen molar-refractivity contribution in [1.29, 1.82) is 0 Å². The molecule has 0 heterocycles. The summed E-state index contributed by atoms with van der Waals surface area (Å²) in [4.78, 5) is 11.9. The van der Waals surface area contributed by atoms with Crippen LogP contribution in [0.25, 0.3) is 11.6 Å². The Morgan fingerprint density at radius 3 is 2.40 bits per heavy atom. The van der Waals surface area contributed by atoms with Crippen LogP contribution >= 0.6 is 0 Å². The van der Waals surface area contributed by atoms with E-state index >= 15 is 0 Å². The Morgan fingerprint density at radius 1 is 1.00 bits per heavy atom. The summed E-state index contributed by atoms with van der Waals surface area (Å²) in [5.41, 5.74) is 2.22. The lowest BCUT2D eigenvalue weighted by molar-refractivity contribution is -0.133. The largest absolute Gasteiger partial charge is 0.497 e. The van der Waals surface area contributed by atoms with Gasteiger partial charge in [-0.1, -0.05) is 42.5 Å². The summed E-state index contributed by atoms with van der Waals surface area (Å²) in [6.07, 6.45) is 1.80. The number of rotatable bonds is 4. The van der Waals surface area contributed by atoms with E-state index in [9.17, 15) is 4.79 Å². The van der Waals surface area contributed by atoms with Gasteiger partial charge in [0.15, 0.2) is 0 Å². The molecule has 0 fully saturated rings.